The molecule has 0 atom stereocenters. The smallest absolute Gasteiger partial charge is 0.178 e. The van der Waals surface area contributed by atoms with E-state index in [1.807, 2.05) is 38.5 Å². The Morgan fingerprint density at radius 2 is 1.90 bits per heavy atom. The van der Waals surface area contributed by atoms with Crippen molar-refractivity contribution in [1.82, 2.24) is 35.0 Å². The van der Waals surface area contributed by atoms with Gasteiger partial charge < -0.3 is 15.2 Å². The summed E-state index contributed by atoms with van der Waals surface area (Å²) in [7, 11) is 4.09. The first-order valence-electron chi connectivity index (χ1n) is 14.1. The highest BCUT2D eigenvalue weighted by Crippen LogP contribution is 2.33. The van der Waals surface area contributed by atoms with Crippen molar-refractivity contribution >= 4 is 27.8 Å². The zero-order chi connectivity index (χ0) is 29.2. The Kier molecular flexibility index (Phi) is 7.50. The van der Waals surface area contributed by atoms with E-state index in [1.54, 1.807) is 24.5 Å². The van der Waals surface area contributed by atoms with Gasteiger partial charge >= 0.3 is 0 Å². The topological polar surface area (TPSA) is 98.4 Å². The van der Waals surface area contributed by atoms with Crippen LogP contribution in [0.2, 0.25) is 0 Å². The number of halogens is 1. The molecule has 4 heterocycles. The zero-order valence-corrected chi connectivity index (χ0v) is 24.0. The van der Waals surface area contributed by atoms with Gasteiger partial charge in [0.25, 0.3) is 0 Å². The molecule has 0 amide bonds. The number of hydrogen-bond donors (Lipinski definition) is 3. The van der Waals surface area contributed by atoms with Crippen LogP contribution in [0.1, 0.15) is 25.3 Å². The Morgan fingerprint density at radius 3 is 2.74 bits per heavy atom. The summed E-state index contributed by atoms with van der Waals surface area (Å²) in [6.07, 6.45) is 7.92. The number of fused-ring (bicyclic) bond motifs is 2. The predicted molar refractivity (Wildman–Crippen MR) is 168 cm³/mol. The van der Waals surface area contributed by atoms with Crippen molar-refractivity contribution in [2.75, 3.05) is 26.0 Å². The summed E-state index contributed by atoms with van der Waals surface area (Å²) >= 11 is 0. The number of benzene rings is 2. The van der Waals surface area contributed by atoms with E-state index < -0.39 is 0 Å². The molecule has 212 valence electrons. The number of anilines is 1. The molecule has 0 spiro atoms. The maximum atomic E-state index is 14.7. The third kappa shape index (κ3) is 5.64. The lowest BCUT2D eigenvalue weighted by molar-refractivity contribution is 0.400. The highest BCUT2D eigenvalue weighted by atomic mass is 19.1. The van der Waals surface area contributed by atoms with Gasteiger partial charge in [0.1, 0.15) is 11.5 Å². The number of aromatic amines is 2. The average molecular weight is 561 g/mol. The van der Waals surface area contributed by atoms with Crippen LogP contribution in [0, 0.1) is 5.82 Å². The fourth-order valence-electron chi connectivity index (χ4n) is 5.15. The summed E-state index contributed by atoms with van der Waals surface area (Å²) in [5.41, 5.74) is 9.25. The van der Waals surface area contributed by atoms with Gasteiger partial charge in [-0.05, 0) is 93.0 Å². The van der Waals surface area contributed by atoms with E-state index in [-0.39, 0.29) is 5.82 Å². The Bertz CT molecular complexity index is 1900. The number of nitrogens with one attached hydrogen (secondary N) is 3. The average Bonchev–Trinajstić information content (AvgIpc) is 3.60. The van der Waals surface area contributed by atoms with E-state index in [2.05, 4.69) is 67.1 Å². The van der Waals surface area contributed by atoms with Gasteiger partial charge in [-0.15, -0.1) is 0 Å². The molecule has 0 fully saturated rings. The van der Waals surface area contributed by atoms with Crippen LogP contribution in [0.3, 0.4) is 0 Å². The lowest BCUT2D eigenvalue weighted by atomic mass is 10.0. The molecule has 2 aromatic carbocycles. The summed E-state index contributed by atoms with van der Waals surface area (Å²) in [4.78, 5) is 19.3. The number of imidazole rings is 1. The molecule has 0 aliphatic rings. The molecule has 9 heteroatoms. The van der Waals surface area contributed by atoms with Gasteiger partial charge in [-0.2, -0.15) is 5.10 Å². The highest BCUT2D eigenvalue weighted by molar-refractivity contribution is 5.97. The number of aromatic nitrogens is 6. The third-order valence-electron chi connectivity index (χ3n) is 7.34. The lowest BCUT2D eigenvalue weighted by Crippen LogP contribution is -2.13. The van der Waals surface area contributed by atoms with Gasteiger partial charge in [-0.1, -0.05) is 25.6 Å². The molecule has 4 aromatic heterocycles. The number of allylic oxidation sites excluding steroid dienone is 1. The second-order valence-electron chi connectivity index (χ2n) is 10.8. The molecule has 0 aliphatic heterocycles. The second-order valence-corrected chi connectivity index (χ2v) is 10.8. The van der Waals surface area contributed by atoms with Crippen molar-refractivity contribution in [3.05, 3.63) is 90.8 Å². The molecule has 8 nitrogen and oxygen atoms in total. The summed E-state index contributed by atoms with van der Waals surface area (Å²) in [6.45, 7) is 7.03. The van der Waals surface area contributed by atoms with Crippen LogP contribution in [-0.2, 0) is 6.42 Å². The molecule has 42 heavy (non-hydrogen) atoms. The van der Waals surface area contributed by atoms with E-state index in [0.29, 0.717) is 17.2 Å². The summed E-state index contributed by atoms with van der Waals surface area (Å²) < 4.78 is 14.7. The summed E-state index contributed by atoms with van der Waals surface area (Å²) in [5.74, 6) is 0.333. The van der Waals surface area contributed by atoms with Gasteiger partial charge in [0.15, 0.2) is 11.5 Å². The Balaban J connectivity index is 1.36. The Labute approximate surface area is 243 Å². The first-order chi connectivity index (χ1) is 20.4. The van der Waals surface area contributed by atoms with Crippen molar-refractivity contribution in [2.45, 2.75) is 26.2 Å². The standard InChI is InChI=1S/C33H33FN8/c1-5-20(2)37-26-16-24(18-35-19-26)22-8-9-29-28(17-22)31(41-40-29)33-38-30-27(10-11-36-32(30)39-33)23-13-21(14-25(34)15-23)7-6-12-42(3)4/h8-11,13-19,37H,2,5-7,12H2,1,3-4H3,(H,40,41)(H,36,38,39). The zero-order valence-electron chi connectivity index (χ0n) is 24.0. The number of nitrogens with zero attached hydrogens (tertiary/aromatic N) is 5. The van der Waals surface area contributed by atoms with Gasteiger partial charge in [0.05, 0.1) is 22.9 Å². The quantitative estimate of drug-likeness (QED) is 0.164. The number of aryl methyl sites for hydroxylation is 1. The van der Waals surface area contributed by atoms with Crippen LogP contribution in [-0.4, -0.2) is 55.7 Å². The number of rotatable bonds is 10. The minimum atomic E-state index is -0.254. The van der Waals surface area contributed by atoms with E-state index in [0.717, 1.165) is 81.4 Å². The molecular formula is C33H33FN8. The number of hydrogen-bond acceptors (Lipinski definition) is 6. The van der Waals surface area contributed by atoms with E-state index in [4.69, 9.17) is 4.98 Å². The van der Waals surface area contributed by atoms with Crippen molar-refractivity contribution in [3.8, 4) is 33.8 Å². The lowest BCUT2D eigenvalue weighted by Gasteiger charge is -2.10. The van der Waals surface area contributed by atoms with Gasteiger partial charge in [-0.25, -0.2) is 14.4 Å². The maximum Gasteiger partial charge on any atom is 0.178 e. The monoisotopic (exact) mass is 560 g/mol. The molecule has 0 unspecified atom stereocenters. The van der Waals surface area contributed by atoms with E-state index in [1.165, 1.54) is 0 Å². The van der Waals surface area contributed by atoms with Crippen LogP contribution < -0.4 is 5.32 Å². The molecule has 6 aromatic rings. The molecule has 0 saturated carbocycles. The Morgan fingerprint density at radius 1 is 1.02 bits per heavy atom. The largest absolute Gasteiger partial charge is 0.358 e. The second kappa shape index (κ2) is 11.5. The minimum absolute atomic E-state index is 0.254. The molecule has 0 aliphatic carbocycles. The highest BCUT2D eigenvalue weighted by Gasteiger charge is 2.17. The van der Waals surface area contributed by atoms with Crippen LogP contribution >= 0.6 is 0 Å². The summed E-state index contributed by atoms with van der Waals surface area (Å²) in [5, 5.41) is 11.9. The third-order valence-corrected chi connectivity index (χ3v) is 7.34. The molecule has 6 rings (SSSR count). The minimum Gasteiger partial charge on any atom is -0.358 e. The molecule has 3 N–H and O–H groups in total. The maximum absolute atomic E-state index is 14.7. The normalized spacial score (nSPS) is 11.5. The van der Waals surface area contributed by atoms with Gasteiger partial charge in [0, 0.05) is 34.6 Å². The van der Waals surface area contributed by atoms with Gasteiger partial charge in [0.2, 0.25) is 0 Å². The van der Waals surface area contributed by atoms with E-state index in [9.17, 15) is 4.39 Å². The molecule has 0 radical (unpaired) electrons. The molecule has 0 saturated heterocycles. The van der Waals surface area contributed by atoms with Crippen LogP contribution in [0.15, 0.2) is 79.4 Å². The predicted octanol–water partition coefficient (Wildman–Crippen LogP) is 7.20. The Hall–Kier alpha value is -4.89. The van der Waals surface area contributed by atoms with Crippen molar-refractivity contribution in [3.63, 3.8) is 0 Å². The fourth-order valence-corrected chi connectivity index (χ4v) is 5.15. The van der Waals surface area contributed by atoms with Gasteiger partial charge in [-0.3, -0.25) is 10.1 Å². The summed E-state index contributed by atoms with van der Waals surface area (Å²) in [6, 6.07) is 15.3. The van der Waals surface area contributed by atoms with Crippen LogP contribution in [0.25, 0.3) is 55.8 Å². The van der Waals surface area contributed by atoms with Crippen molar-refractivity contribution in [2.24, 2.45) is 0 Å². The first kappa shape index (κ1) is 27.3. The van der Waals surface area contributed by atoms with Crippen molar-refractivity contribution < 1.29 is 4.39 Å². The fraction of sp³-hybridized carbons (Fsp3) is 0.212. The number of pyridine rings is 2. The van der Waals surface area contributed by atoms with E-state index >= 15 is 0 Å². The molecular weight excluding hydrogens is 527 g/mol. The van der Waals surface area contributed by atoms with Crippen LogP contribution in [0.5, 0.6) is 0 Å². The SMILES string of the molecule is C=C(CC)Nc1cncc(-c2ccc3[nH]nc(-c4nc5nccc(-c6cc(F)cc(CCCN(C)C)c6)c5[nH]4)c3c2)c1. The van der Waals surface area contributed by atoms with Crippen molar-refractivity contribution in [1.29, 1.82) is 0 Å². The van der Waals surface area contributed by atoms with Crippen LogP contribution in [0.4, 0.5) is 10.1 Å². The first-order valence-corrected chi connectivity index (χ1v) is 14.1. The number of H-pyrrole nitrogens is 2. The molecule has 0 bridgehead atoms.